The number of carboxylic acids is 1. The number of aliphatic carboxylic acids is 1. The molecular weight excluding hydrogens is 236 g/mol. The van der Waals surface area contributed by atoms with Crippen LogP contribution in [0.1, 0.15) is 10.9 Å². The highest BCUT2D eigenvalue weighted by Crippen LogP contribution is 2.33. The lowest BCUT2D eigenvalue weighted by Crippen LogP contribution is -2.33. The topological polar surface area (TPSA) is 49.3 Å². The van der Waals surface area contributed by atoms with Crippen molar-refractivity contribution in [2.45, 2.75) is 11.4 Å². The lowest BCUT2D eigenvalue weighted by Gasteiger charge is -2.11. The first-order valence-electron chi connectivity index (χ1n) is 4.63. The van der Waals surface area contributed by atoms with Crippen molar-refractivity contribution in [2.75, 3.05) is 5.75 Å². The van der Waals surface area contributed by atoms with Crippen molar-refractivity contribution in [1.29, 1.82) is 0 Å². The molecule has 1 unspecified atom stereocenters. The zero-order valence-corrected chi connectivity index (χ0v) is 8.93. The number of hydrogen-bond acceptors (Lipinski definition) is 3. The van der Waals surface area contributed by atoms with E-state index >= 15 is 0 Å². The largest absolute Gasteiger partial charge is 0.480 e. The summed E-state index contributed by atoms with van der Waals surface area (Å²) in [6.07, 6.45) is 0. The van der Waals surface area contributed by atoms with Gasteiger partial charge in [-0.15, -0.1) is 11.8 Å². The molecule has 1 fully saturated rings. The van der Waals surface area contributed by atoms with Crippen LogP contribution in [0, 0.1) is 11.6 Å². The van der Waals surface area contributed by atoms with Crippen LogP contribution in [0.25, 0.3) is 0 Å². The van der Waals surface area contributed by atoms with E-state index in [1.165, 1.54) is 17.8 Å². The molecule has 1 aromatic rings. The van der Waals surface area contributed by atoms with Crippen molar-refractivity contribution in [3.05, 3.63) is 35.4 Å². The second kappa shape index (κ2) is 4.39. The summed E-state index contributed by atoms with van der Waals surface area (Å²) in [4.78, 5) is 10.7. The maximum atomic E-state index is 13.0. The summed E-state index contributed by atoms with van der Waals surface area (Å²) in [6, 6.07) is 2.95. The van der Waals surface area contributed by atoms with E-state index in [0.717, 1.165) is 12.1 Å². The molecule has 0 amide bonds. The Balaban J connectivity index is 2.14. The molecular formula is C10H9F2NO2S. The molecule has 86 valence electrons. The van der Waals surface area contributed by atoms with Crippen molar-refractivity contribution in [2.24, 2.45) is 0 Å². The average molecular weight is 245 g/mol. The van der Waals surface area contributed by atoms with E-state index in [2.05, 4.69) is 5.32 Å². The van der Waals surface area contributed by atoms with Crippen LogP contribution in [0.3, 0.4) is 0 Å². The Morgan fingerprint density at radius 3 is 2.75 bits per heavy atom. The molecule has 0 spiro atoms. The van der Waals surface area contributed by atoms with Crippen molar-refractivity contribution >= 4 is 17.7 Å². The molecule has 0 aliphatic carbocycles. The van der Waals surface area contributed by atoms with Gasteiger partial charge in [0.15, 0.2) is 11.6 Å². The van der Waals surface area contributed by atoms with Gasteiger partial charge in [0.25, 0.3) is 0 Å². The van der Waals surface area contributed by atoms with E-state index in [0.29, 0.717) is 11.3 Å². The molecule has 0 saturated carbocycles. The normalized spacial score (nSPS) is 24.6. The van der Waals surface area contributed by atoms with Crippen LogP contribution in [0.4, 0.5) is 8.78 Å². The minimum atomic E-state index is -0.933. The summed E-state index contributed by atoms with van der Waals surface area (Å²) in [6.45, 7) is 0. The van der Waals surface area contributed by atoms with E-state index in [1.807, 2.05) is 0 Å². The van der Waals surface area contributed by atoms with E-state index in [9.17, 15) is 13.6 Å². The second-order valence-corrected chi connectivity index (χ2v) is 4.58. The molecule has 0 aromatic heterocycles. The number of nitrogens with one attached hydrogen (secondary N) is 1. The molecule has 1 aromatic carbocycles. The Labute approximate surface area is 94.8 Å². The maximum Gasteiger partial charge on any atom is 0.321 e. The first kappa shape index (κ1) is 11.3. The fraction of sp³-hybridized carbons (Fsp3) is 0.300. The average Bonchev–Trinajstić information content (AvgIpc) is 2.71. The standard InChI is InChI=1S/C10H9F2NO2S/c11-6-2-1-5(3-7(6)12)9-13-8(4-16-9)10(14)15/h1-3,8-9,13H,4H2,(H,14,15)/t8-,9?/m1/s1. The number of benzene rings is 1. The Morgan fingerprint density at radius 1 is 1.44 bits per heavy atom. The Kier molecular flexibility index (Phi) is 3.11. The predicted octanol–water partition coefficient (Wildman–Crippen LogP) is 1.75. The molecule has 1 heterocycles. The molecule has 0 bridgehead atoms. The minimum absolute atomic E-state index is 0.295. The van der Waals surface area contributed by atoms with Gasteiger partial charge in [0.2, 0.25) is 0 Å². The van der Waals surface area contributed by atoms with Crippen LogP contribution in [0.15, 0.2) is 18.2 Å². The highest BCUT2D eigenvalue weighted by Gasteiger charge is 2.30. The number of carbonyl (C=O) groups is 1. The number of carboxylic acid groups (broad SMARTS) is 1. The Morgan fingerprint density at radius 2 is 2.19 bits per heavy atom. The number of hydrogen-bond donors (Lipinski definition) is 2. The molecule has 1 aliphatic heterocycles. The summed E-state index contributed by atoms with van der Waals surface area (Å²) in [5.41, 5.74) is 0.549. The van der Waals surface area contributed by atoms with Gasteiger partial charge < -0.3 is 5.11 Å². The zero-order valence-electron chi connectivity index (χ0n) is 8.11. The van der Waals surface area contributed by atoms with Crippen molar-refractivity contribution in [3.63, 3.8) is 0 Å². The monoisotopic (exact) mass is 245 g/mol. The maximum absolute atomic E-state index is 13.0. The van der Waals surface area contributed by atoms with E-state index in [4.69, 9.17) is 5.11 Å². The van der Waals surface area contributed by atoms with E-state index in [1.54, 1.807) is 0 Å². The fourth-order valence-electron chi connectivity index (χ4n) is 1.48. The third-order valence-electron chi connectivity index (χ3n) is 2.33. The lowest BCUT2D eigenvalue weighted by molar-refractivity contribution is -0.138. The van der Waals surface area contributed by atoms with Crippen molar-refractivity contribution in [3.8, 4) is 0 Å². The van der Waals surface area contributed by atoms with Gasteiger partial charge in [0.1, 0.15) is 6.04 Å². The third-order valence-corrected chi connectivity index (χ3v) is 3.59. The zero-order chi connectivity index (χ0) is 11.7. The molecule has 2 N–H and O–H groups in total. The van der Waals surface area contributed by atoms with Gasteiger partial charge in [-0.25, -0.2) is 8.78 Å². The highest BCUT2D eigenvalue weighted by atomic mass is 32.2. The van der Waals surface area contributed by atoms with Gasteiger partial charge in [-0.3, -0.25) is 10.1 Å². The molecule has 1 aliphatic rings. The minimum Gasteiger partial charge on any atom is -0.480 e. The van der Waals surface area contributed by atoms with Crippen LogP contribution in [0.2, 0.25) is 0 Å². The number of halogens is 2. The van der Waals surface area contributed by atoms with Gasteiger partial charge in [0, 0.05) is 5.75 Å². The van der Waals surface area contributed by atoms with Gasteiger partial charge in [0.05, 0.1) is 5.37 Å². The van der Waals surface area contributed by atoms with Gasteiger partial charge in [-0.1, -0.05) is 6.07 Å². The van der Waals surface area contributed by atoms with E-state index in [-0.39, 0.29) is 5.37 Å². The smallest absolute Gasteiger partial charge is 0.321 e. The molecule has 16 heavy (non-hydrogen) atoms. The fourth-order valence-corrected chi connectivity index (χ4v) is 2.71. The van der Waals surface area contributed by atoms with E-state index < -0.39 is 23.6 Å². The van der Waals surface area contributed by atoms with Crippen LogP contribution >= 0.6 is 11.8 Å². The van der Waals surface area contributed by atoms with Crippen LogP contribution < -0.4 is 5.32 Å². The first-order valence-corrected chi connectivity index (χ1v) is 5.68. The first-order chi connectivity index (χ1) is 7.58. The molecule has 2 rings (SSSR count). The molecule has 1 saturated heterocycles. The summed E-state index contributed by atoms with van der Waals surface area (Å²) < 4.78 is 25.7. The Bertz CT molecular complexity index is 427. The summed E-state index contributed by atoms with van der Waals surface area (Å²) in [5, 5.41) is 11.3. The predicted molar refractivity (Wildman–Crippen MR) is 56.1 cm³/mol. The molecule has 6 heteroatoms. The number of thioether (sulfide) groups is 1. The van der Waals surface area contributed by atoms with Gasteiger partial charge in [-0.05, 0) is 17.7 Å². The molecule has 3 nitrogen and oxygen atoms in total. The van der Waals surface area contributed by atoms with Crippen LogP contribution in [-0.4, -0.2) is 22.9 Å². The summed E-state index contributed by atoms with van der Waals surface area (Å²) >= 11 is 1.37. The quantitative estimate of drug-likeness (QED) is 0.833. The summed E-state index contributed by atoms with van der Waals surface area (Å²) in [7, 11) is 0. The van der Waals surface area contributed by atoms with Gasteiger partial charge in [-0.2, -0.15) is 0 Å². The number of rotatable bonds is 2. The Hall–Kier alpha value is -1.14. The van der Waals surface area contributed by atoms with Crippen LogP contribution in [0.5, 0.6) is 0 Å². The third kappa shape index (κ3) is 2.17. The van der Waals surface area contributed by atoms with Crippen LogP contribution in [-0.2, 0) is 4.79 Å². The SMILES string of the molecule is O=C(O)[C@H]1CSC(c2ccc(F)c(F)c2)N1. The molecule has 2 atom stereocenters. The lowest BCUT2D eigenvalue weighted by atomic mass is 10.2. The van der Waals surface area contributed by atoms with Crippen molar-refractivity contribution < 1.29 is 18.7 Å². The van der Waals surface area contributed by atoms with Gasteiger partial charge >= 0.3 is 5.97 Å². The van der Waals surface area contributed by atoms with Crippen molar-refractivity contribution in [1.82, 2.24) is 5.32 Å². The second-order valence-electron chi connectivity index (χ2n) is 3.44. The highest BCUT2D eigenvalue weighted by molar-refractivity contribution is 7.99. The summed E-state index contributed by atoms with van der Waals surface area (Å²) in [5.74, 6) is -2.34. The molecule has 0 radical (unpaired) electrons.